The maximum atomic E-state index is 14.3. The van der Waals surface area contributed by atoms with Gasteiger partial charge in [0, 0.05) is 56.1 Å². The molecule has 4 rings (SSSR count). The molecule has 1 aromatic heterocycles. The highest BCUT2D eigenvalue weighted by Crippen LogP contribution is 2.29. The van der Waals surface area contributed by atoms with Gasteiger partial charge in [-0.15, -0.1) is 24.8 Å². The standard InChI is InChI=1S/C28H35FN6O3.2ClH/c1-5-30-11-12-31-27(36)17-34(25-10-9-21(13-19(25)2)26-14-20(3)32-38-26)18-28(37)33(4)35-15-22-7-6-8-24(29)23(22)16-35;;/h6-10,13-14,30H,5,11-12,15-18H2,1-4H3,(H,31,36);2*1H. The molecule has 0 radical (unpaired) electrons. The minimum Gasteiger partial charge on any atom is -0.356 e. The fourth-order valence-corrected chi connectivity index (χ4v) is 4.58. The fourth-order valence-electron chi connectivity index (χ4n) is 4.58. The van der Waals surface area contributed by atoms with Gasteiger partial charge in [0.1, 0.15) is 5.82 Å². The van der Waals surface area contributed by atoms with E-state index in [9.17, 15) is 14.0 Å². The van der Waals surface area contributed by atoms with Gasteiger partial charge in [0.2, 0.25) is 5.91 Å². The summed E-state index contributed by atoms with van der Waals surface area (Å²) in [7, 11) is 1.68. The van der Waals surface area contributed by atoms with Crippen molar-refractivity contribution in [3.05, 3.63) is 70.7 Å². The predicted octanol–water partition coefficient (Wildman–Crippen LogP) is 3.86. The van der Waals surface area contributed by atoms with Crippen LogP contribution in [0.5, 0.6) is 0 Å². The SMILES string of the molecule is CCNCCNC(=O)CN(CC(=O)N(C)N1Cc2cccc(F)c2C1)c1ccc(-c2cc(C)no2)cc1C.Cl.Cl. The van der Waals surface area contributed by atoms with Gasteiger partial charge in [0.25, 0.3) is 5.91 Å². The lowest BCUT2D eigenvalue weighted by atomic mass is 10.1. The number of carbonyl (C=O) groups is 2. The third kappa shape index (κ3) is 7.94. The molecule has 1 aliphatic rings. The Labute approximate surface area is 246 Å². The van der Waals surface area contributed by atoms with Crippen molar-refractivity contribution in [2.75, 3.05) is 44.7 Å². The van der Waals surface area contributed by atoms with E-state index in [1.54, 1.807) is 18.0 Å². The normalized spacial score (nSPS) is 12.2. The number of hydrogen-bond donors (Lipinski definition) is 2. The maximum absolute atomic E-state index is 14.3. The average Bonchev–Trinajstić information content (AvgIpc) is 3.53. The van der Waals surface area contributed by atoms with E-state index in [1.807, 2.05) is 56.1 Å². The van der Waals surface area contributed by atoms with E-state index in [0.29, 0.717) is 37.5 Å². The van der Waals surface area contributed by atoms with Crippen molar-refractivity contribution in [1.29, 1.82) is 0 Å². The Morgan fingerprint density at radius 3 is 2.50 bits per heavy atom. The lowest BCUT2D eigenvalue weighted by molar-refractivity contribution is -0.145. The van der Waals surface area contributed by atoms with Gasteiger partial charge in [-0.1, -0.05) is 24.2 Å². The molecule has 1 aliphatic heterocycles. The molecule has 0 spiro atoms. The van der Waals surface area contributed by atoms with Crippen LogP contribution < -0.4 is 15.5 Å². The van der Waals surface area contributed by atoms with Gasteiger partial charge in [-0.3, -0.25) is 14.6 Å². The molecule has 0 saturated carbocycles. The Morgan fingerprint density at radius 2 is 1.85 bits per heavy atom. The van der Waals surface area contributed by atoms with Gasteiger partial charge in [0.05, 0.1) is 18.8 Å². The first-order valence-corrected chi connectivity index (χ1v) is 12.8. The van der Waals surface area contributed by atoms with E-state index in [2.05, 4.69) is 15.8 Å². The number of halogens is 3. The molecule has 2 N–H and O–H groups in total. The molecule has 0 saturated heterocycles. The lowest BCUT2D eigenvalue weighted by Crippen LogP contribution is -2.48. The summed E-state index contributed by atoms with van der Waals surface area (Å²) >= 11 is 0. The number of carbonyl (C=O) groups excluding carboxylic acids is 2. The summed E-state index contributed by atoms with van der Waals surface area (Å²) < 4.78 is 19.7. The minimum atomic E-state index is -0.264. The van der Waals surface area contributed by atoms with Crippen molar-refractivity contribution in [1.82, 2.24) is 25.8 Å². The van der Waals surface area contributed by atoms with Gasteiger partial charge in [-0.05, 0) is 55.8 Å². The van der Waals surface area contributed by atoms with E-state index in [0.717, 1.165) is 34.6 Å². The zero-order valence-electron chi connectivity index (χ0n) is 23.2. The van der Waals surface area contributed by atoms with Crippen molar-refractivity contribution in [2.24, 2.45) is 0 Å². The number of likely N-dealkylation sites (N-methyl/N-ethyl adjacent to an activating group) is 2. The summed E-state index contributed by atoms with van der Waals surface area (Å²) in [6.45, 7) is 8.55. The second kappa shape index (κ2) is 15.0. The number of aromatic nitrogens is 1. The average molecular weight is 596 g/mol. The molecule has 12 heteroatoms. The summed E-state index contributed by atoms with van der Waals surface area (Å²) in [6, 6.07) is 12.6. The van der Waals surface area contributed by atoms with Crippen LogP contribution in [0.15, 0.2) is 47.0 Å². The van der Waals surface area contributed by atoms with Gasteiger partial charge in [-0.25, -0.2) is 9.40 Å². The molecule has 0 bridgehead atoms. The van der Waals surface area contributed by atoms with Crippen LogP contribution in [-0.2, 0) is 22.7 Å². The molecular weight excluding hydrogens is 558 g/mol. The number of nitrogens with zero attached hydrogens (tertiary/aromatic N) is 4. The molecule has 2 heterocycles. The molecule has 0 fully saturated rings. The molecule has 218 valence electrons. The molecular formula is C28H37Cl2FN6O3. The largest absolute Gasteiger partial charge is 0.356 e. The number of fused-ring (bicyclic) bond motifs is 1. The van der Waals surface area contributed by atoms with Crippen LogP contribution in [-0.4, -0.2) is 66.8 Å². The van der Waals surface area contributed by atoms with E-state index < -0.39 is 0 Å². The molecule has 40 heavy (non-hydrogen) atoms. The highest BCUT2D eigenvalue weighted by atomic mass is 35.5. The number of benzene rings is 2. The Hall–Kier alpha value is -3.18. The van der Waals surface area contributed by atoms with Crippen LogP contribution in [0.25, 0.3) is 11.3 Å². The second-order valence-electron chi connectivity index (χ2n) is 9.51. The van der Waals surface area contributed by atoms with Gasteiger partial charge < -0.3 is 20.1 Å². The van der Waals surface area contributed by atoms with E-state index in [1.165, 1.54) is 11.1 Å². The van der Waals surface area contributed by atoms with Crippen molar-refractivity contribution >= 4 is 42.3 Å². The topological polar surface area (TPSA) is 93.9 Å². The van der Waals surface area contributed by atoms with Crippen molar-refractivity contribution in [3.8, 4) is 11.3 Å². The smallest absolute Gasteiger partial charge is 0.256 e. The van der Waals surface area contributed by atoms with Crippen LogP contribution in [0.1, 0.15) is 29.3 Å². The Balaban J connectivity index is 0.00000280. The zero-order valence-corrected chi connectivity index (χ0v) is 24.8. The first-order chi connectivity index (χ1) is 18.3. The van der Waals surface area contributed by atoms with Crippen LogP contribution in [0.3, 0.4) is 0 Å². The number of nitrogens with one attached hydrogen (secondary N) is 2. The quantitative estimate of drug-likeness (QED) is 0.325. The van der Waals surface area contributed by atoms with Crippen LogP contribution >= 0.6 is 24.8 Å². The highest BCUT2D eigenvalue weighted by Gasteiger charge is 2.28. The highest BCUT2D eigenvalue weighted by molar-refractivity contribution is 5.87. The molecule has 9 nitrogen and oxygen atoms in total. The van der Waals surface area contributed by atoms with Crippen molar-refractivity contribution in [3.63, 3.8) is 0 Å². The predicted molar refractivity (Wildman–Crippen MR) is 158 cm³/mol. The van der Waals surface area contributed by atoms with Gasteiger partial charge in [0.15, 0.2) is 5.76 Å². The Bertz CT molecular complexity index is 1300. The molecule has 0 unspecified atom stereocenters. The molecule has 0 atom stereocenters. The molecule has 2 aromatic carbocycles. The van der Waals surface area contributed by atoms with E-state index in [-0.39, 0.29) is 55.5 Å². The Morgan fingerprint density at radius 1 is 1.07 bits per heavy atom. The fraction of sp³-hybridized carbons (Fsp3) is 0.393. The van der Waals surface area contributed by atoms with Crippen LogP contribution in [0, 0.1) is 19.7 Å². The number of hydrazine groups is 1. The number of rotatable bonds is 11. The van der Waals surface area contributed by atoms with Crippen LogP contribution in [0.4, 0.5) is 10.1 Å². The summed E-state index contributed by atoms with van der Waals surface area (Å²) in [5.74, 6) is 0.0113. The number of aryl methyl sites for hydroxylation is 2. The van der Waals surface area contributed by atoms with Crippen molar-refractivity contribution < 1.29 is 18.5 Å². The maximum Gasteiger partial charge on any atom is 0.256 e. The lowest BCUT2D eigenvalue weighted by Gasteiger charge is -2.32. The summed E-state index contributed by atoms with van der Waals surface area (Å²) in [6.07, 6.45) is 0. The first-order valence-electron chi connectivity index (χ1n) is 12.8. The monoisotopic (exact) mass is 594 g/mol. The number of anilines is 1. The summed E-state index contributed by atoms with van der Waals surface area (Å²) in [4.78, 5) is 28.0. The zero-order chi connectivity index (χ0) is 27.2. The summed E-state index contributed by atoms with van der Waals surface area (Å²) in [5.41, 5.74) is 4.79. The second-order valence-corrected chi connectivity index (χ2v) is 9.51. The third-order valence-electron chi connectivity index (χ3n) is 6.68. The van der Waals surface area contributed by atoms with E-state index >= 15 is 0 Å². The number of amides is 2. The number of hydrogen-bond acceptors (Lipinski definition) is 7. The van der Waals surface area contributed by atoms with Crippen LogP contribution in [0.2, 0.25) is 0 Å². The van der Waals surface area contributed by atoms with E-state index in [4.69, 9.17) is 4.52 Å². The first kappa shape index (κ1) is 33.0. The van der Waals surface area contributed by atoms with Crippen molar-refractivity contribution in [2.45, 2.75) is 33.9 Å². The summed E-state index contributed by atoms with van der Waals surface area (Å²) in [5, 5.41) is 13.4. The minimum absolute atomic E-state index is 0. The Kier molecular flexibility index (Phi) is 12.4. The molecule has 0 aliphatic carbocycles. The van der Waals surface area contributed by atoms with Gasteiger partial charge in [-0.2, -0.15) is 0 Å². The molecule has 2 amide bonds. The van der Waals surface area contributed by atoms with Gasteiger partial charge >= 0.3 is 0 Å². The third-order valence-corrected chi connectivity index (χ3v) is 6.68. The molecule has 3 aromatic rings.